The smallest absolute Gasteiger partial charge is 0.226 e. The summed E-state index contributed by atoms with van der Waals surface area (Å²) in [4.78, 5) is 16.7. The number of nitrogens with one attached hydrogen (secondary N) is 2. The molecule has 1 aliphatic rings. The van der Waals surface area contributed by atoms with E-state index in [4.69, 9.17) is 0 Å². The predicted molar refractivity (Wildman–Crippen MR) is 99.1 cm³/mol. The Morgan fingerprint density at radius 1 is 1.24 bits per heavy atom. The van der Waals surface area contributed by atoms with Crippen LogP contribution in [-0.4, -0.2) is 31.6 Å². The molecule has 1 aromatic heterocycles. The fourth-order valence-corrected chi connectivity index (χ4v) is 4.23. The van der Waals surface area contributed by atoms with Gasteiger partial charge < -0.3 is 10.6 Å². The average molecular weight is 380 g/mol. The van der Waals surface area contributed by atoms with Crippen molar-refractivity contribution in [3.63, 3.8) is 0 Å². The van der Waals surface area contributed by atoms with Crippen LogP contribution in [0.15, 0.2) is 34.5 Å². The second-order valence-corrected chi connectivity index (χ2v) is 9.17. The number of anilines is 2. The predicted octanol–water partition coefficient (Wildman–Crippen LogP) is 2.89. The molecule has 2 N–H and O–H groups in total. The van der Waals surface area contributed by atoms with Gasteiger partial charge in [0.1, 0.15) is 0 Å². The third-order valence-electron chi connectivity index (χ3n) is 4.15. The zero-order valence-corrected chi connectivity index (χ0v) is 15.6. The summed E-state index contributed by atoms with van der Waals surface area (Å²) in [5.74, 6) is 0.0151. The Kier molecular flexibility index (Phi) is 5.39. The van der Waals surface area contributed by atoms with E-state index < -0.39 is 9.84 Å². The molecule has 1 aliphatic carbocycles. The number of carbonyl (C=O) groups is 1. The molecule has 8 heteroatoms. The van der Waals surface area contributed by atoms with Crippen LogP contribution in [0.25, 0.3) is 0 Å². The van der Waals surface area contributed by atoms with Gasteiger partial charge in [-0.25, -0.2) is 13.4 Å². The van der Waals surface area contributed by atoms with Gasteiger partial charge >= 0.3 is 0 Å². The summed E-state index contributed by atoms with van der Waals surface area (Å²) in [5.41, 5.74) is 1.49. The van der Waals surface area contributed by atoms with Crippen LogP contribution in [0.2, 0.25) is 0 Å². The van der Waals surface area contributed by atoms with E-state index in [0.717, 1.165) is 24.2 Å². The summed E-state index contributed by atoms with van der Waals surface area (Å²) in [5, 5.41) is 8.72. The number of rotatable bonds is 6. The lowest BCUT2D eigenvalue weighted by molar-refractivity contribution is -0.121. The van der Waals surface area contributed by atoms with Crippen molar-refractivity contribution >= 4 is 37.9 Å². The number of hydrogen-bond donors (Lipinski definition) is 2. The Balaban J connectivity index is 1.57. The fourth-order valence-electron chi connectivity index (χ4n) is 2.87. The van der Waals surface area contributed by atoms with Gasteiger partial charge in [-0.15, -0.1) is 11.3 Å². The van der Waals surface area contributed by atoms with Crippen LogP contribution in [0, 0.1) is 0 Å². The van der Waals surface area contributed by atoms with Gasteiger partial charge in [0.25, 0.3) is 0 Å². The van der Waals surface area contributed by atoms with E-state index in [-0.39, 0.29) is 17.2 Å². The van der Waals surface area contributed by atoms with Crippen molar-refractivity contribution in [1.82, 2.24) is 10.3 Å². The van der Waals surface area contributed by atoms with Crippen LogP contribution in [0.5, 0.6) is 0 Å². The number of sulfone groups is 1. The molecule has 1 fully saturated rings. The normalized spacial score (nSPS) is 15.2. The number of hydrogen-bond acceptors (Lipinski definition) is 6. The third kappa shape index (κ3) is 5.02. The lowest BCUT2D eigenvalue weighted by Crippen LogP contribution is -2.33. The van der Waals surface area contributed by atoms with E-state index in [1.54, 1.807) is 24.3 Å². The molecule has 0 aliphatic heterocycles. The van der Waals surface area contributed by atoms with Crippen molar-refractivity contribution in [2.24, 2.45) is 0 Å². The molecular formula is C17H21N3O3S2. The molecule has 0 radical (unpaired) electrons. The minimum atomic E-state index is -3.20. The first-order chi connectivity index (χ1) is 11.9. The first-order valence-electron chi connectivity index (χ1n) is 8.21. The first kappa shape index (κ1) is 17.9. The Bertz CT molecular complexity index is 838. The summed E-state index contributed by atoms with van der Waals surface area (Å²) in [7, 11) is -3.20. The average Bonchev–Trinajstić information content (AvgIpc) is 3.19. The van der Waals surface area contributed by atoms with Crippen LogP contribution in [0.3, 0.4) is 0 Å². The van der Waals surface area contributed by atoms with E-state index in [0.29, 0.717) is 11.2 Å². The second-order valence-electron chi connectivity index (χ2n) is 6.29. The zero-order chi connectivity index (χ0) is 17.9. The zero-order valence-electron chi connectivity index (χ0n) is 14.0. The van der Waals surface area contributed by atoms with Gasteiger partial charge in [-0.2, -0.15) is 0 Å². The lowest BCUT2D eigenvalue weighted by atomic mass is 10.2. The third-order valence-corrected chi connectivity index (χ3v) is 6.08. The Morgan fingerprint density at radius 3 is 2.56 bits per heavy atom. The first-order valence-corrected chi connectivity index (χ1v) is 11.0. The number of aromatic nitrogens is 1. The molecule has 1 aromatic carbocycles. The highest BCUT2D eigenvalue weighted by atomic mass is 32.2. The maximum absolute atomic E-state index is 12.0. The molecule has 2 aromatic rings. The highest BCUT2D eigenvalue weighted by Crippen LogP contribution is 2.23. The molecule has 1 saturated carbocycles. The van der Waals surface area contributed by atoms with E-state index >= 15 is 0 Å². The van der Waals surface area contributed by atoms with E-state index in [9.17, 15) is 13.2 Å². The summed E-state index contributed by atoms with van der Waals surface area (Å²) in [6.45, 7) is 0. The summed E-state index contributed by atoms with van der Waals surface area (Å²) in [6.07, 6.45) is 5.97. The van der Waals surface area contributed by atoms with Crippen LogP contribution in [0.4, 0.5) is 10.8 Å². The number of nitrogens with zero attached hydrogens (tertiary/aromatic N) is 1. The molecule has 0 unspecified atom stereocenters. The van der Waals surface area contributed by atoms with Gasteiger partial charge in [0.2, 0.25) is 5.91 Å². The number of thiazole rings is 1. The summed E-state index contributed by atoms with van der Waals surface area (Å²) < 4.78 is 22.9. The maximum atomic E-state index is 12.0. The molecule has 0 atom stereocenters. The van der Waals surface area contributed by atoms with Crippen molar-refractivity contribution in [1.29, 1.82) is 0 Å². The number of carbonyl (C=O) groups excluding carboxylic acids is 1. The summed E-state index contributed by atoms with van der Waals surface area (Å²) in [6, 6.07) is 6.83. The summed E-state index contributed by atoms with van der Waals surface area (Å²) >= 11 is 1.42. The van der Waals surface area contributed by atoms with Gasteiger partial charge in [-0.1, -0.05) is 12.8 Å². The number of amides is 1. The maximum Gasteiger partial charge on any atom is 0.226 e. The van der Waals surface area contributed by atoms with Gasteiger partial charge in [0.05, 0.1) is 17.0 Å². The van der Waals surface area contributed by atoms with Crippen molar-refractivity contribution in [2.45, 2.75) is 43.0 Å². The largest absolute Gasteiger partial charge is 0.353 e. The number of benzene rings is 1. The molecular weight excluding hydrogens is 358 g/mol. The van der Waals surface area contributed by atoms with E-state index in [1.165, 1.54) is 30.4 Å². The molecule has 1 amide bonds. The van der Waals surface area contributed by atoms with Gasteiger partial charge in [-0.05, 0) is 37.1 Å². The molecule has 0 bridgehead atoms. The van der Waals surface area contributed by atoms with Gasteiger partial charge in [-0.3, -0.25) is 4.79 Å². The molecule has 3 rings (SSSR count). The van der Waals surface area contributed by atoms with Crippen LogP contribution < -0.4 is 10.6 Å². The lowest BCUT2D eigenvalue weighted by Gasteiger charge is -2.10. The minimum Gasteiger partial charge on any atom is -0.353 e. The highest BCUT2D eigenvalue weighted by molar-refractivity contribution is 7.90. The SMILES string of the molecule is CS(=O)(=O)c1ccc(Nc2nc(CC(=O)NC3CCCC3)cs2)cc1. The quantitative estimate of drug-likeness (QED) is 0.806. The Morgan fingerprint density at radius 2 is 1.92 bits per heavy atom. The van der Waals surface area contributed by atoms with E-state index in [1.807, 2.05) is 5.38 Å². The second kappa shape index (κ2) is 7.53. The molecule has 6 nitrogen and oxygen atoms in total. The van der Waals surface area contributed by atoms with Crippen molar-refractivity contribution < 1.29 is 13.2 Å². The molecule has 25 heavy (non-hydrogen) atoms. The monoisotopic (exact) mass is 379 g/mol. The van der Waals surface area contributed by atoms with Crippen LogP contribution >= 0.6 is 11.3 Å². The van der Waals surface area contributed by atoms with Crippen molar-refractivity contribution in [3.05, 3.63) is 35.3 Å². The van der Waals surface area contributed by atoms with Crippen LogP contribution in [-0.2, 0) is 21.1 Å². The van der Waals surface area contributed by atoms with Gasteiger partial charge in [0.15, 0.2) is 15.0 Å². The minimum absolute atomic E-state index is 0.0151. The molecule has 0 spiro atoms. The Labute approximate surface area is 151 Å². The van der Waals surface area contributed by atoms with Gasteiger partial charge in [0, 0.05) is 23.4 Å². The topological polar surface area (TPSA) is 88.2 Å². The Hall–Kier alpha value is -1.93. The molecule has 0 saturated heterocycles. The fraction of sp³-hybridized carbons (Fsp3) is 0.412. The molecule has 134 valence electrons. The van der Waals surface area contributed by atoms with Crippen molar-refractivity contribution in [3.8, 4) is 0 Å². The highest BCUT2D eigenvalue weighted by Gasteiger charge is 2.17. The standard InChI is InChI=1S/C17H21N3O3S2/c1-25(22,23)15-8-6-13(7-9-15)19-17-20-14(11-24-17)10-16(21)18-12-4-2-3-5-12/h6-9,11-12H,2-5,10H2,1H3,(H,18,21)(H,19,20). The van der Waals surface area contributed by atoms with E-state index in [2.05, 4.69) is 15.6 Å². The van der Waals surface area contributed by atoms with Crippen LogP contribution in [0.1, 0.15) is 31.4 Å². The van der Waals surface area contributed by atoms with Crippen molar-refractivity contribution in [2.75, 3.05) is 11.6 Å². The molecule has 1 heterocycles.